The third-order valence-corrected chi connectivity index (χ3v) is 3.55. The Morgan fingerprint density at radius 1 is 1.29 bits per heavy atom. The molecule has 0 heterocycles. The summed E-state index contributed by atoms with van der Waals surface area (Å²) in [5.41, 5.74) is 0.973. The number of hydrogen-bond acceptors (Lipinski definition) is 4. The van der Waals surface area contributed by atoms with Crippen molar-refractivity contribution in [3.05, 3.63) is 23.8 Å². The van der Waals surface area contributed by atoms with Crippen LogP contribution in [-0.4, -0.2) is 32.5 Å². The summed E-state index contributed by atoms with van der Waals surface area (Å²) in [7, 11) is 1.72. The minimum absolute atomic E-state index is 0.0682. The van der Waals surface area contributed by atoms with Crippen molar-refractivity contribution in [2.75, 3.05) is 13.7 Å². The lowest BCUT2D eigenvalue weighted by Crippen LogP contribution is -2.44. The van der Waals surface area contributed by atoms with E-state index in [4.69, 9.17) is 9.47 Å². The largest absolute Gasteiger partial charge is 0.490 e. The van der Waals surface area contributed by atoms with Gasteiger partial charge in [0.15, 0.2) is 11.5 Å². The molecule has 2 rings (SSSR count). The standard InChI is InChI=1S/C15H21F2NO3/c1-3-20-14-6-10(4-5-13(14)21-15(16)17)9-18-11-7-12(8-11)19-2/h4-6,11-12,15,18H,3,7-9H2,1-2H3. The molecular formula is C15H21F2NO3. The maximum Gasteiger partial charge on any atom is 0.387 e. The maximum atomic E-state index is 12.3. The van der Waals surface area contributed by atoms with Gasteiger partial charge >= 0.3 is 6.61 Å². The molecule has 0 saturated heterocycles. The van der Waals surface area contributed by atoms with E-state index in [1.165, 1.54) is 6.07 Å². The van der Waals surface area contributed by atoms with Crippen molar-refractivity contribution in [1.29, 1.82) is 0 Å². The average Bonchev–Trinajstić information content (AvgIpc) is 2.40. The van der Waals surface area contributed by atoms with Crippen molar-refractivity contribution in [3.63, 3.8) is 0 Å². The van der Waals surface area contributed by atoms with Gasteiger partial charge in [-0.15, -0.1) is 0 Å². The second kappa shape index (κ2) is 7.56. The van der Waals surface area contributed by atoms with Crippen LogP contribution in [0.5, 0.6) is 11.5 Å². The van der Waals surface area contributed by atoms with Gasteiger partial charge in [0.05, 0.1) is 12.7 Å². The summed E-state index contributed by atoms with van der Waals surface area (Å²) in [5, 5.41) is 3.40. The number of hydrogen-bond donors (Lipinski definition) is 1. The van der Waals surface area contributed by atoms with Crippen molar-refractivity contribution >= 4 is 0 Å². The lowest BCUT2D eigenvalue weighted by molar-refractivity contribution is -0.0514. The summed E-state index contributed by atoms with van der Waals surface area (Å²) in [6.07, 6.45) is 2.35. The van der Waals surface area contributed by atoms with Crippen LogP contribution in [0.4, 0.5) is 8.78 Å². The highest BCUT2D eigenvalue weighted by Gasteiger charge is 2.28. The van der Waals surface area contributed by atoms with Crippen LogP contribution in [0.25, 0.3) is 0 Å². The van der Waals surface area contributed by atoms with Gasteiger partial charge in [0.1, 0.15) is 0 Å². The first-order valence-electron chi connectivity index (χ1n) is 7.09. The van der Waals surface area contributed by atoms with Gasteiger partial charge in [-0.2, -0.15) is 8.78 Å². The minimum Gasteiger partial charge on any atom is -0.490 e. The average molecular weight is 301 g/mol. The Bertz CT molecular complexity index is 451. The van der Waals surface area contributed by atoms with Crippen LogP contribution >= 0.6 is 0 Å². The molecule has 0 aromatic heterocycles. The number of nitrogens with one attached hydrogen (secondary N) is 1. The van der Waals surface area contributed by atoms with E-state index < -0.39 is 6.61 Å². The normalized spacial score (nSPS) is 21.2. The Labute approximate surface area is 123 Å². The summed E-state index contributed by atoms with van der Waals surface area (Å²) in [5.74, 6) is 0.416. The SMILES string of the molecule is CCOc1cc(CNC2CC(OC)C2)ccc1OC(F)F. The molecular weight excluding hydrogens is 280 g/mol. The number of alkyl halides is 2. The van der Waals surface area contributed by atoms with E-state index in [-0.39, 0.29) is 5.75 Å². The summed E-state index contributed by atoms with van der Waals surface area (Å²) in [6.45, 7) is 0.00954. The van der Waals surface area contributed by atoms with E-state index in [1.54, 1.807) is 26.2 Å². The van der Waals surface area contributed by atoms with Gasteiger partial charge in [-0.1, -0.05) is 6.07 Å². The summed E-state index contributed by atoms with van der Waals surface area (Å²) < 4.78 is 39.7. The Kier molecular flexibility index (Phi) is 5.76. The van der Waals surface area contributed by atoms with E-state index in [0.29, 0.717) is 31.0 Å². The fourth-order valence-electron chi connectivity index (χ4n) is 2.31. The van der Waals surface area contributed by atoms with E-state index >= 15 is 0 Å². The zero-order valence-corrected chi connectivity index (χ0v) is 12.3. The molecule has 0 spiro atoms. The molecule has 1 aliphatic carbocycles. The molecule has 0 unspecified atom stereocenters. The van der Waals surface area contributed by atoms with Crippen LogP contribution in [0.2, 0.25) is 0 Å². The fourth-order valence-corrected chi connectivity index (χ4v) is 2.31. The number of ether oxygens (including phenoxy) is 3. The number of methoxy groups -OCH3 is 1. The predicted molar refractivity (Wildman–Crippen MR) is 74.9 cm³/mol. The molecule has 1 N–H and O–H groups in total. The summed E-state index contributed by atoms with van der Waals surface area (Å²) in [6, 6.07) is 5.47. The number of halogens is 2. The molecule has 0 radical (unpaired) electrons. The molecule has 4 nitrogen and oxygen atoms in total. The van der Waals surface area contributed by atoms with Gasteiger partial charge in [-0.3, -0.25) is 0 Å². The first-order chi connectivity index (χ1) is 10.1. The summed E-state index contributed by atoms with van der Waals surface area (Å²) >= 11 is 0. The molecule has 1 saturated carbocycles. The molecule has 1 aromatic carbocycles. The topological polar surface area (TPSA) is 39.7 Å². The molecule has 0 atom stereocenters. The number of benzene rings is 1. The highest BCUT2D eigenvalue weighted by atomic mass is 19.3. The van der Waals surface area contributed by atoms with Crippen molar-refractivity contribution in [2.45, 2.75) is 45.1 Å². The molecule has 21 heavy (non-hydrogen) atoms. The fraction of sp³-hybridized carbons (Fsp3) is 0.600. The highest BCUT2D eigenvalue weighted by Crippen LogP contribution is 2.30. The molecule has 6 heteroatoms. The molecule has 0 bridgehead atoms. The van der Waals surface area contributed by atoms with Gasteiger partial charge in [0.25, 0.3) is 0 Å². The van der Waals surface area contributed by atoms with Gasteiger partial charge in [0, 0.05) is 19.7 Å². The molecule has 118 valence electrons. The number of rotatable bonds is 8. The zero-order chi connectivity index (χ0) is 15.2. The molecule has 0 aliphatic heterocycles. The monoisotopic (exact) mass is 301 g/mol. The molecule has 1 fully saturated rings. The quantitative estimate of drug-likeness (QED) is 0.801. The third kappa shape index (κ3) is 4.54. The van der Waals surface area contributed by atoms with Gasteiger partial charge in [-0.05, 0) is 37.5 Å². The second-order valence-corrected chi connectivity index (χ2v) is 5.00. The third-order valence-electron chi connectivity index (χ3n) is 3.55. The minimum atomic E-state index is -2.85. The van der Waals surface area contributed by atoms with Crippen LogP contribution in [0, 0.1) is 0 Å². The first kappa shape index (κ1) is 16.0. The smallest absolute Gasteiger partial charge is 0.387 e. The van der Waals surface area contributed by atoms with Crippen LogP contribution in [-0.2, 0) is 11.3 Å². The maximum absolute atomic E-state index is 12.3. The molecule has 1 aromatic rings. The van der Waals surface area contributed by atoms with Gasteiger partial charge in [-0.25, -0.2) is 0 Å². The Balaban J connectivity index is 1.92. The predicted octanol–water partition coefficient (Wildman–Crippen LogP) is 2.95. The lowest BCUT2D eigenvalue weighted by atomic mass is 9.89. The van der Waals surface area contributed by atoms with E-state index in [9.17, 15) is 8.78 Å². The van der Waals surface area contributed by atoms with E-state index in [1.807, 2.05) is 0 Å². The van der Waals surface area contributed by atoms with Crippen LogP contribution in [0.15, 0.2) is 18.2 Å². The van der Waals surface area contributed by atoms with Crippen molar-refractivity contribution in [3.8, 4) is 11.5 Å². The molecule has 0 amide bonds. The Hall–Kier alpha value is -1.40. The molecule has 1 aliphatic rings. The van der Waals surface area contributed by atoms with Crippen LogP contribution in [0.3, 0.4) is 0 Å². The Morgan fingerprint density at radius 2 is 2.05 bits per heavy atom. The van der Waals surface area contributed by atoms with E-state index in [2.05, 4.69) is 10.1 Å². The van der Waals surface area contributed by atoms with Crippen molar-refractivity contribution in [1.82, 2.24) is 5.32 Å². The van der Waals surface area contributed by atoms with Crippen molar-refractivity contribution < 1.29 is 23.0 Å². The first-order valence-corrected chi connectivity index (χ1v) is 7.09. The van der Waals surface area contributed by atoms with Gasteiger partial charge in [0.2, 0.25) is 0 Å². The van der Waals surface area contributed by atoms with E-state index in [0.717, 1.165) is 18.4 Å². The van der Waals surface area contributed by atoms with Crippen LogP contribution < -0.4 is 14.8 Å². The summed E-state index contributed by atoms with van der Waals surface area (Å²) in [4.78, 5) is 0. The Morgan fingerprint density at radius 3 is 2.67 bits per heavy atom. The lowest BCUT2D eigenvalue weighted by Gasteiger charge is -2.34. The zero-order valence-electron chi connectivity index (χ0n) is 12.3. The van der Waals surface area contributed by atoms with Crippen molar-refractivity contribution in [2.24, 2.45) is 0 Å². The van der Waals surface area contributed by atoms with Gasteiger partial charge < -0.3 is 19.5 Å². The highest BCUT2D eigenvalue weighted by molar-refractivity contribution is 5.43. The second-order valence-electron chi connectivity index (χ2n) is 5.00. The van der Waals surface area contributed by atoms with Crippen LogP contribution in [0.1, 0.15) is 25.3 Å².